The minimum Gasteiger partial charge on any atom is -0.341 e. The van der Waals surface area contributed by atoms with Crippen molar-refractivity contribution in [3.05, 3.63) is 52.8 Å². The van der Waals surface area contributed by atoms with Gasteiger partial charge >= 0.3 is 0 Å². The lowest BCUT2D eigenvalue weighted by atomic mass is 9.99. The van der Waals surface area contributed by atoms with Gasteiger partial charge in [0.15, 0.2) is 0 Å². The van der Waals surface area contributed by atoms with Crippen molar-refractivity contribution in [1.29, 1.82) is 0 Å². The highest BCUT2D eigenvalue weighted by molar-refractivity contribution is 5.78. The molecule has 2 atom stereocenters. The van der Waals surface area contributed by atoms with E-state index in [-0.39, 0.29) is 18.2 Å². The molecule has 1 aromatic carbocycles. The van der Waals surface area contributed by atoms with Crippen molar-refractivity contribution < 1.29 is 4.79 Å². The predicted molar refractivity (Wildman–Crippen MR) is 116 cm³/mol. The summed E-state index contributed by atoms with van der Waals surface area (Å²) in [6.07, 6.45) is 6.85. The quantitative estimate of drug-likeness (QED) is 0.815. The molecule has 2 N–H and O–H groups in total. The lowest BCUT2D eigenvalue weighted by Gasteiger charge is -2.41. The lowest BCUT2D eigenvalue weighted by Crippen LogP contribution is -2.62. The second-order valence-corrected chi connectivity index (χ2v) is 8.64. The average Bonchev–Trinajstić information content (AvgIpc) is 2.79. The number of amides is 1. The van der Waals surface area contributed by atoms with Crippen LogP contribution in [-0.4, -0.2) is 46.7 Å². The van der Waals surface area contributed by atoms with Crippen molar-refractivity contribution >= 4 is 11.9 Å². The molecule has 3 aliphatic heterocycles. The van der Waals surface area contributed by atoms with E-state index in [1.54, 1.807) is 0 Å². The number of hydrogen-bond donors (Lipinski definition) is 2. The number of piperidine rings is 1. The first-order valence-electron chi connectivity index (χ1n) is 11.1. The fraction of sp³-hybridized carbons (Fsp3) is 0.522. The van der Waals surface area contributed by atoms with E-state index in [2.05, 4.69) is 49.7 Å². The first-order chi connectivity index (χ1) is 14.7. The maximum absolute atomic E-state index is 12.5. The molecular weight excluding hydrogens is 376 g/mol. The minimum atomic E-state index is -0.175. The SMILES string of the molecule is Cc1nc(N2CCCCC2)ncc1C1CC(=O)NC(N2CCc3ccccc3C2)N1. The van der Waals surface area contributed by atoms with Crippen molar-refractivity contribution in [3.8, 4) is 0 Å². The largest absolute Gasteiger partial charge is 0.341 e. The Morgan fingerprint density at radius 3 is 2.67 bits per heavy atom. The summed E-state index contributed by atoms with van der Waals surface area (Å²) in [5.41, 5.74) is 4.73. The highest BCUT2D eigenvalue weighted by atomic mass is 16.2. The van der Waals surface area contributed by atoms with Crippen LogP contribution in [0.2, 0.25) is 0 Å². The minimum absolute atomic E-state index is 0.0714. The number of nitrogens with one attached hydrogen (secondary N) is 2. The molecule has 3 aliphatic rings. The van der Waals surface area contributed by atoms with Gasteiger partial charge in [0, 0.05) is 56.1 Å². The molecule has 158 valence electrons. The van der Waals surface area contributed by atoms with Crippen LogP contribution in [0.3, 0.4) is 0 Å². The number of benzene rings is 1. The number of aromatic nitrogens is 2. The molecular formula is C23H30N6O. The number of carbonyl (C=O) groups excluding carboxylic acids is 1. The van der Waals surface area contributed by atoms with E-state index < -0.39 is 0 Å². The van der Waals surface area contributed by atoms with Gasteiger partial charge in [0.2, 0.25) is 11.9 Å². The average molecular weight is 407 g/mol. The number of aryl methyl sites for hydroxylation is 1. The standard InChI is InChI=1S/C23H30N6O/c1-16-19(14-24-22(25-16)28-10-5-2-6-11-28)20-13-21(30)27-23(26-20)29-12-9-17-7-3-4-8-18(17)15-29/h3-4,7-8,14,20,23,26H,2,5-6,9-13,15H2,1H3,(H,27,30). The van der Waals surface area contributed by atoms with Gasteiger partial charge in [0.25, 0.3) is 0 Å². The smallest absolute Gasteiger partial charge is 0.225 e. The summed E-state index contributed by atoms with van der Waals surface area (Å²) in [6, 6.07) is 8.49. The monoisotopic (exact) mass is 406 g/mol. The highest BCUT2D eigenvalue weighted by Crippen LogP contribution is 2.27. The van der Waals surface area contributed by atoms with Crippen molar-refractivity contribution in [2.24, 2.45) is 0 Å². The molecule has 7 nitrogen and oxygen atoms in total. The fourth-order valence-electron chi connectivity index (χ4n) is 4.87. The summed E-state index contributed by atoms with van der Waals surface area (Å²) >= 11 is 0. The van der Waals surface area contributed by atoms with Crippen LogP contribution in [0.1, 0.15) is 54.1 Å². The Labute approximate surface area is 177 Å². The van der Waals surface area contributed by atoms with E-state index in [1.807, 2.05) is 13.1 Å². The Morgan fingerprint density at radius 1 is 1.07 bits per heavy atom. The summed E-state index contributed by atoms with van der Waals surface area (Å²) in [5.74, 6) is 0.891. The number of carbonyl (C=O) groups is 1. The van der Waals surface area contributed by atoms with Gasteiger partial charge in [0.1, 0.15) is 6.29 Å². The van der Waals surface area contributed by atoms with Gasteiger partial charge < -0.3 is 10.2 Å². The molecule has 0 aliphatic carbocycles. The zero-order valence-electron chi connectivity index (χ0n) is 17.6. The second kappa shape index (κ2) is 8.32. The fourth-order valence-corrected chi connectivity index (χ4v) is 4.87. The van der Waals surface area contributed by atoms with Crippen molar-refractivity contribution in [3.63, 3.8) is 0 Å². The zero-order chi connectivity index (χ0) is 20.5. The molecule has 7 heteroatoms. The molecule has 2 fully saturated rings. The van der Waals surface area contributed by atoms with Crippen molar-refractivity contribution in [1.82, 2.24) is 25.5 Å². The maximum atomic E-state index is 12.5. The van der Waals surface area contributed by atoms with E-state index >= 15 is 0 Å². The first kappa shape index (κ1) is 19.5. The summed E-state index contributed by atoms with van der Waals surface area (Å²) in [4.78, 5) is 26.6. The second-order valence-electron chi connectivity index (χ2n) is 8.64. The topological polar surface area (TPSA) is 73.4 Å². The van der Waals surface area contributed by atoms with E-state index in [4.69, 9.17) is 4.98 Å². The van der Waals surface area contributed by atoms with E-state index in [0.29, 0.717) is 6.42 Å². The molecule has 2 aromatic rings. The van der Waals surface area contributed by atoms with Crippen LogP contribution < -0.4 is 15.5 Å². The van der Waals surface area contributed by atoms with Gasteiger partial charge in [-0.25, -0.2) is 9.97 Å². The summed E-state index contributed by atoms with van der Waals surface area (Å²) in [6.45, 7) is 5.85. The molecule has 5 rings (SSSR count). The summed E-state index contributed by atoms with van der Waals surface area (Å²) in [5, 5.41) is 6.77. The Hall–Kier alpha value is -2.51. The predicted octanol–water partition coefficient (Wildman–Crippen LogP) is 2.27. The molecule has 0 radical (unpaired) electrons. The number of hydrogen-bond acceptors (Lipinski definition) is 6. The van der Waals surface area contributed by atoms with Gasteiger partial charge in [-0.05, 0) is 43.7 Å². The third-order valence-electron chi connectivity index (χ3n) is 6.59. The van der Waals surface area contributed by atoms with Crippen LogP contribution in [0.5, 0.6) is 0 Å². The van der Waals surface area contributed by atoms with E-state index in [9.17, 15) is 4.79 Å². The van der Waals surface area contributed by atoms with Crippen molar-refractivity contribution in [2.45, 2.75) is 57.9 Å². The first-order valence-corrected chi connectivity index (χ1v) is 11.1. The van der Waals surface area contributed by atoms with Crippen LogP contribution in [-0.2, 0) is 17.8 Å². The molecule has 0 saturated carbocycles. The maximum Gasteiger partial charge on any atom is 0.225 e. The highest BCUT2D eigenvalue weighted by Gasteiger charge is 2.33. The third kappa shape index (κ3) is 3.91. The van der Waals surface area contributed by atoms with E-state index in [1.165, 1.54) is 30.4 Å². The molecule has 2 saturated heterocycles. The molecule has 4 heterocycles. The normalized spacial score (nSPS) is 25.0. The number of nitrogens with zero attached hydrogens (tertiary/aromatic N) is 4. The van der Waals surface area contributed by atoms with Crippen LogP contribution in [0, 0.1) is 6.92 Å². The number of fused-ring (bicyclic) bond motifs is 1. The van der Waals surface area contributed by atoms with Crippen LogP contribution in [0.4, 0.5) is 5.95 Å². The Kier molecular flexibility index (Phi) is 5.39. The number of anilines is 1. The van der Waals surface area contributed by atoms with Crippen LogP contribution in [0.15, 0.2) is 30.5 Å². The summed E-state index contributed by atoms with van der Waals surface area (Å²) < 4.78 is 0. The van der Waals surface area contributed by atoms with Crippen LogP contribution in [0.25, 0.3) is 0 Å². The van der Waals surface area contributed by atoms with Gasteiger partial charge in [-0.15, -0.1) is 0 Å². The van der Waals surface area contributed by atoms with Crippen LogP contribution >= 0.6 is 0 Å². The third-order valence-corrected chi connectivity index (χ3v) is 6.59. The van der Waals surface area contributed by atoms with Gasteiger partial charge in [-0.1, -0.05) is 24.3 Å². The summed E-state index contributed by atoms with van der Waals surface area (Å²) in [7, 11) is 0. The molecule has 30 heavy (non-hydrogen) atoms. The lowest BCUT2D eigenvalue weighted by molar-refractivity contribution is -0.127. The molecule has 0 bridgehead atoms. The van der Waals surface area contributed by atoms with Crippen molar-refractivity contribution in [2.75, 3.05) is 24.5 Å². The molecule has 1 amide bonds. The van der Waals surface area contributed by atoms with Gasteiger partial charge in [0.05, 0.1) is 0 Å². The Morgan fingerprint density at radius 2 is 1.87 bits per heavy atom. The van der Waals surface area contributed by atoms with E-state index in [0.717, 1.165) is 49.8 Å². The molecule has 1 aromatic heterocycles. The molecule has 0 spiro atoms. The van der Waals surface area contributed by atoms with Gasteiger partial charge in [-0.2, -0.15) is 0 Å². The molecule has 2 unspecified atom stereocenters. The Bertz CT molecular complexity index is 926. The van der Waals surface area contributed by atoms with Gasteiger partial charge in [-0.3, -0.25) is 15.0 Å². The number of rotatable bonds is 3. The Balaban J connectivity index is 1.32. The zero-order valence-corrected chi connectivity index (χ0v) is 17.6.